The first-order valence-corrected chi connectivity index (χ1v) is 11.1. The van der Waals surface area contributed by atoms with Crippen LogP contribution in [0.15, 0.2) is 67.4 Å². The molecular formula is C24H16F2N6O2S. The SMILES string of the molecule is COc1cnccc1-c1cc(-c2ncccc2C(F)F)ncc1C(=O)Nc1nc2ncccc2s1. The number of pyridine rings is 4. The van der Waals surface area contributed by atoms with Crippen molar-refractivity contribution in [3.05, 3.63) is 78.5 Å². The van der Waals surface area contributed by atoms with Crippen LogP contribution in [0.4, 0.5) is 13.9 Å². The number of ether oxygens (including phenoxy) is 1. The summed E-state index contributed by atoms with van der Waals surface area (Å²) >= 11 is 1.28. The molecule has 0 radical (unpaired) electrons. The maximum Gasteiger partial charge on any atom is 0.266 e. The van der Waals surface area contributed by atoms with E-state index in [2.05, 4.69) is 30.2 Å². The molecule has 0 atom stereocenters. The summed E-state index contributed by atoms with van der Waals surface area (Å²) in [6.07, 6.45) is 4.67. The number of nitrogens with zero attached hydrogens (tertiary/aromatic N) is 5. The van der Waals surface area contributed by atoms with Gasteiger partial charge in [-0.25, -0.2) is 13.8 Å². The molecule has 0 saturated carbocycles. The van der Waals surface area contributed by atoms with Crippen molar-refractivity contribution in [3.8, 4) is 28.3 Å². The molecule has 0 aromatic carbocycles. The minimum absolute atomic E-state index is 0.0287. The minimum atomic E-state index is -2.74. The van der Waals surface area contributed by atoms with E-state index in [4.69, 9.17) is 4.74 Å². The van der Waals surface area contributed by atoms with E-state index >= 15 is 0 Å². The van der Waals surface area contributed by atoms with Gasteiger partial charge >= 0.3 is 0 Å². The Balaban J connectivity index is 1.62. The lowest BCUT2D eigenvalue weighted by Gasteiger charge is -2.14. The molecule has 11 heteroatoms. The van der Waals surface area contributed by atoms with Crippen LogP contribution in [0.2, 0.25) is 0 Å². The van der Waals surface area contributed by atoms with Crippen molar-refractivity contribution < 1.29 is 18.3 Å². The molecule has 5 rings (SSSR count). The average molecular weight is 490 g/mol. The number of carbonyl (C=O) groups is 1. The van der Waals surface area contributed by atoms with E-state index in [0.29, 0.717) is 27.7 Å². The number of rotatable bonds is 6. The highest BCUT2D eigenvalue weighted by Gasteiger charge is 2.22. The standard InChI is InChI=1S/C24H16F2N6O2S/c1-34-18-12-27-9-6-13(18)15-10-17(20-14(21(25)26)4-2-7-28-20)30-11-16(15)23(33)32-24-31-22-19(35-24)5-3-8-29-22/h2-12,21H,1H3,(H,29,31,32,33). The third kappa shape index (κ3) is 4.41. The molecule has 0 aliphatic carbocycles. The number of amides is 1. The van der Waals surface area contributed by atoms with Crippen molar-refractivity contribution in [2.24, 2.45) is 0 Å². The molecule has 174 valence electrons. The van der Waals surface area contributed by atoms with E-state index in [9.17, 15) is 13.6 Å². The molecule has 5 aromatic heterocycles. The average Bonchev–Trinajstić information content (AvgIpc) is 3.30. The number of halogens is 2. The maximum atomic E-state index is 13.6. The van der Waals surface area contributed by atoms with Crippen LogP contribution < -0.4 is 10.1 Å². The van der Waals surface area contributed by atoms with Crippen LogP contribution in [0.25, 0.3) is 32.9 Å². The van der Waals surface area contributed by atoms with Crippen molar-refractivity contribution in [2.75, 3.05) is 12.4 Å². The van der Waals surface area contributed by atoms with Gasteiger partial charge in [-0.2, -0.15) is 4.98 Å². The monoisotopic (exact) mass is 490 g/mol. The molecule has 8 nitrogen and oxygen atoms in total. The molecule has 0 aliphatic heterocycles. The summed E-state index contributed by atoms with van der Waals surface area (Å²) < 4.78 is 33.5. The normalized spacial score (nSPS) is 11.1. The number of hydrogen-bond donors (Lipinski definition) is 1. The summed E-state index contributed by atoms with van der Waals surface area (Å²) in [4.78, 5) is 34.3. The molecule has 1 amide bonds. The molecule has 5 heterocycles. The summed E-state index contributed by atoms with van der Waals surface area (Å²) in [6.45, 7) is 0. The fourth-order valence-corrected chi connectivity index (χ4v) is 4.37. The summed E-state index contributed by atoms with van der Waals surface area (Å²) in [5.74, 6) is -0.0786. The van der Waals surface area contributed by atoms with Gasteiger partial charge in [-0.3, -0.25) is 25.1 Å². The van der Waals surface area contributed by atoms with Crippen LogP contribution in [0.1, 0.15) is 22.3 Å². The second kappa shape index (κ2) is 9.47. The van der Waals surface area contributed by atoms with E-state index in [1.165, 1.54) is 49.2 Å². The Kier molecular flexibility index (Phi) is 6.06. The number of hydrogen-bond acceptors (Lipinski definition) is 8. The van der Waals surface area contributed by atoms with Crippen LogP contribution in [0.3, 0.4) is 0 Å². The Hall–Kier alpha value is -4.38. The molecule has 0 spiro atoms. The third-order valence-corrected chi connectivity index (χ3v) is 6.07. The zero-order valence-corrected chi connectivity index (χ0v) is 19.0. The lowest BCUT2D eigenvalue weighted by atomic mass is 9.98. The summed E-state index contributed by atoms with van der Waals surface area (Å²) in [6, 6.07) is 9.58. The van der Waals surface area contributed by atoms with E-state index in [0.717, 1.165) is 4.70 Å². The summed E-state index contributed by atoms with van der Waals surface area (Å²) in [5.41, 5.74) is 1.63. The van der Waals surface area contributed by atoms with Crippen molar-refractivity contribution in [2.45, 2.75) is 6.43 Å². The highest BCUT2D eigenvalue weighted by Crippen LogP contribution is 2.36. The second-order valence-corrected chi connectivity index (χ2v) is 8.26. The lowest BCUT2D eigenvalue weighted by molar-refractivity contribution is 0.102. The summed E-state index contributed by atoms with van der Waals surface area (Å²) in [5, 5.41) is 3.15. The molecular weight excluding hydrogens is 474 g/mol. The predicted octanol–water partition coefficient (Wildman–Crippen LogP) is 5.41. The fraction of sp³-hybridized carbons (Fsp3) is 0.0833. The first-order valence-electron chi connectivity index (χ1n) is 10.3. The zero-order valence-electron chi connectivity index (χ0n) is 18.1. The topological polar surface area (TPSA) is 103 Å². The van der Waals surface area contributed by atoms with E-state index in [1.807, 2.05) is 6.07 Å². The van der Waals surface area contributed by atoms with Crippen LogP contribution in [0, 0.1) is 0 Å². The van der Waals surface area contributed by atoms with E-state index in [-0.39, 0.29) is 22.5 Å². The lowest BCUT2D eigenvalue weighted by Crippen LogP contribution is -2.14. The van der Waals surface area contributed by atoms with Crippen molar-refractivity contribution in [1.82, 2.24) is 24.9 Å². The third-order valence-electron chi connectivity index (χ3n) is 5.15. The minimum Gasteiger partial charge on any atom is -0.494 e. The van der Waals surface area contributed by atoms with Gasteiger partial charge in [0, 0.05) is 41.5 Å². The molecule has 0 fully saturated rings. The molecule has 35 heavy (non-hydrogen) atoms. The molecule has 0 unspecified atom stereocenters. The molecule has 0 bridgehead atoms. The Morgan fingerprint density at radius 1 is 1.03 bits per heavy atom. The smallest absolute Gasteiger partial charge is 0.266 e. The largest absolute Gasteiger partial charge is 0.494 e. The van der Waals surface area contributed by atoms with Crippen molar-refractivity contribution >= 4 is 32.7 Å². The molecule has 5 aromatic rings. The molecule has 0 aliphatic rings. The Morgan fingerprint density at radius 3 is 2.66 bits per heavy atom. The highest BCUT2D eigenvalue weighted by atomic mass is 32.1. The Morgan fingerprint density at radius 2 is 1.86 bits per heavy atom. The van der Waals surface area contributed by atoms with Crippen LogP contribution in [-0.4, -0.2) is 37.9 Å². The molecule has 0 saturated heterocycles. The Labute approximate surface area is 201 Å². The van der Waals surface area contributed by atoms with Gasteiger partial charge in [0.2, 0.25) is 0 Å². The molecule has 1 N–H and O–H groups in total. The zero-order chi connectivity index (χ0) is 24.4. The van der Waals surface area contributed by atoms with Gasteiger partial charge in [-0.05, 0) is 36.4 Å². The van der Waals surface area contributed by atoms with Crippen LogP contribution in [-0.2, 0) is 0 Å². The Bertz CT molecular complexity index is 1510. The predicted molar refractivity (Wildman–Crippen MR) is 128 cm³/mol. The number of nitrogens with one attached hydrogen (secondary N) is 1. The number of aromatic nitrogens is 5. The number of alkyl halides is 2. The van der Waals surface area contributed by atoms with Crippen molar-refractivity contribution in [1.29, 1.82) is 0 Å². The van der Waals surface area contributed by atoms with Gasteiger partial charge in [0.25, 0.3) is 12.3 Å². The quantitative estimate of drug-likeness (QED) is 0.340. The number of methoxy groups -OCH3 is 1. The fourth-order valence-electron chi connectivity index (χ4n) is 3.55. The van der Waals surface area contributed by atoms with E-state index < -0.39 is 12.3 Å². The highest BCUT2D eigenvalue weighted by molar-refractivity contribution is 7.22. The van der Waals surface area contributed by atoms with Crippen LogP contribution in [0.5, 0.6) is 5.75 Å². The summed E-state index contributed by atoms with van der Waals surface area (Å²) in [7, 11) is 1.48. The van der Waals surface area contributed by atoms with Crippen LogP contribution >= 0.6 is 11.3 Å². The number of anilines is 1. The number of carbonyl (C=O) groups excluding carboxylic acids is 1. The number of fused-ring (bicyclic) bond motifs is 1. The van der Waals surface area contributed by atoms with Gasteiger partial charge in [0.05, 0.1) is 35.0 Å². The van der Waals surface area contributed by atoms with Gasteiger partial charge in [0.15, 0.2) is 10.8 Å². The van der Waals surface area contributed by atoms with Gasteiger partial charge in [-0.15, -0.1) is 0 Å². The van der Waals surface area contributed by atoms with E-state index in [1.54, 1.807) is 30.6 Å². The first-order chi connectivity index (χ1) is 17.0. The number of thiazole rings is 1. The van der Waals surface area contributed by atoms with Crippen molar-refractivity contribution in [3.63, 3.8) is 0 Å². The second-order valence-electron chi connectivity index (χ2n) is 7.23. The van der Waals surface area contributed by atoms with Gasteiger partial charge < -0.3 is 4.74 Å². The van der Waals surface area contributed by atoms with Gasteiger partial charge in [0.1, 0.15) is 5.75 Å². The maximum absolute atomic E-state index is 13.6. The van der Waals surface area contributed by atoms with Gasteiger partial charge in [-0.1, -0.05) is 11.3 Å². The first kappa shape index (κ1) is 22.4.